The van der Waals surface area contributed by atoms with E-state index in [2.05, 4.69) is 20.7 Å². The summed E-state index contributed by atoms with van der Waals surface area (Å²) >= 11 is 3.01. The van der Waals surface area contributed by atoms with Crippen LogP contribution >= 0.6 is 15.9 Å². The van der Waals surface area contributed by atoms with Crippen LogP contribution in [0.5, 0.6) is 0 Å². The number of halogens is 3. The number of hydrogen-bond acceptors (Lipinski definition) is 3. The second kappa shape index (κ2) is 5.61. The third kappa shape index (κ3) is 3.33. The van der Waals surface area contributed by atoms with Crippen LogP contribution in [-0.4, -0.2) is 8.42 Å². The van der Waals surface area contributed by atoms with Crippen molar-refractivity contribution in [2.45, 2.75) is 11.8 Å². The van der Waals surface area contributed by atoms with Gasteiger partial charge in [-0.3, -0.25) is 4.72 Å². The summed E-state index contributed by atoms with van der Waals surface area (Å²) in [6, 6.07) is 5.53. The summed E-state index contributed by atoms with van der Waals surface area (Å²) in [5, 5.41) is 0. The standard InChI is InChI=1S/C13H11BrF2N2O2S/c1-7-4-8(15)2-3-12(7)18-21(19,20)13-6-11(17)9(14)5-10(13)16/h2-6,18H,17H2,1H3. The minimum atomic E-state index is -4.17. The highest BCUT2D eigenvalue weighted by Gasteiger charge is 2.21. The van der Waals surface area contributed by atoms with E-state index in [1.54, 1.807) is 0 Å². The van der Waals surface area contributed by atoms with Gasteiger partial charge in [0.1, 0.15) is 16.5 Å². The van der Waals surface area contributed by atoms with Crippen molar-refractivity contribution in [2.24, 2.45) is 0 Å². The topological polar surface area (TPSA) is 72.2 Å². The van der Waals surface area contributed by atoms with Crippen LogP contribution in [-0.2, 0) is 10.0 Å². The number of nitrogen functional groups attached to an aromatic ring is 1. The van der Waals surface area contributed by atoms with Crippen molar-refractivity contribution in [3.05, 3.63) is 52.0 Å². The van der Waals surface area contributed by atoms with Gasteiger partial charge in [-0.15, -0.1) is 0 Å². The maximum atomic E-state index is 13.8. The van der Waals surface area contributed by atoms with Crippen LogP contribution in [0.1, 0.15) is 5.56 Å². The molecule has 21 heavy (non-hydrogen) atoms. The Labute approximate surface area is 129 Å². The molecule has 2 rings (SSSR count). The lowest BCUT2D eigenvalue weighted by atomic mass is 10.2. The molecule has 0 heterocycles. The van der Waals surface area contributed by atoms with Gasteiger partial charge in [0, 0.05) is 10.2 Å². The number of nitrogens with one attached hydrogen (secondary N) is 1. The fraction of sp³-hybridized carbons (Fsp3) is 0.0769. The zero-order valence-corrected chi connectivity index (χ0v) is 13.2. The van der Waals surface area contributed by atoms with E-state index >= 15 is 0 Å². The smallest absolute Gasteiger partial charge is 0.264 e. The van der Waals surface area contributed by atoms with Crippen LogP contribution in [0.15, 0.2) is 39.7 Å². The molecule has 0 saturated carbocycles. The molecule has 0 radical (unpaired) electrons. The van der Waals surface area contributed by atoms with E-state index in [4.69, 9.17) is 5.73 Å². The molecule has 4 nitrogen and oxygen atoms in total. The summed E-state index contributed by atoms with van der Waals surface area (Å²) in [6.45, 7) is 1.53. The van der Waals surface area contributed by atoms with Crippen LogP contribution in [0.25, 0.3) is 0 Å². The highest BCUT2D eigenvalue weighted by atomic mass is 79.9. The molecule has 0 aromatic heterocycles. The van der Waals surface area contributed by atoms with Gasteiger partial charge in [0.2, 0.25) is 0 Å². The Balaban J connectivity index is 2.46. The maximum Gasteiger partial charge on any atom is 0.264 e. The highest BCUT2D eigenvalue weighted by Crippen LogP contribution is 2.28. The van der Waals surface area contributed by atoms with Crippen molar-refractivity contribution in [2.75, 3.05) is 10.5 Å². The molecular weight excluding hydrogens is 366 g/mol. The molecule has 0 amide bonds. The first-order chi connectivity index (χ1) is 9.70. The second-order valence-electron chi connectivity index (χ2n) is 4.37. The van der Waals surface area contributed by atoms with Crippen LogP contribution < -0.4 is 10.5 Å². The summed E-state index contributed by atoms with van der Waals surface area (Å²) in [4.78, 5) is -0.577. The molecule has 8 heteroatoms. The van der Waals surface area contributed by atoms with Gasteiger partial charge >= 0.3 is 0 Å². The molecule has 0 aliphatic rings. The number of anilines is 2. The van der Waals surface area contributed by atoms with Gasteiger partial charge in [-0.2, -0.15) is 0 Å². The molecule has 0 aliphatic carbocycles. The largest absolute Gasteiger partial charge is 0.398 e. The van der Waals surface area contributed by atoms with E-state index in [-0.39, 0.29) is 15.8 Å². The van der Waals surface area contributed by atoms with E-state index in [9.17, 15) is 17.2 Å². The van der Waals surface area contributed by atoms with Gasteiger partial charge in [-0.1, -0.05) is 0 Å². The van der Waals surface area contributed by atoms with Crippen molar-refractivity contribution in [1.29, 1.82) is 0 Å². The van der Waals surface area contributed by atoms with Crippen LogP contribution in [0, 0.1) is 18.6 Å². The molecule has 0 atom stereocenters. The Kier molecular flexibility index (Phi) is 4.20. The SMILES string of the molecule is Cc1cc(F)ccc1NS(=O)(=O)c1cc(N)c(Br)cc1F. The lowest BCUT2D eigenvalue weighted by Crippen LogP contribution is -2.16. The number of rotatable bonds is 3. The van der Waals surface area contributed by atoms with Crippen molar-refractivity contribution < 1.29 is 17.2 Å². The molecule has 0 spiro atoms. The summed E-state index contributed by atoms with van der Waals surface area (Å²) in [7, 11) is -4.17. The van der Waals surface area contributed by atoms with Gasteiger partial charge in [0.25, 0.3) is 10.0 Å². The highest BCUT2D eigenvalue weighted by molar-refractivity contribution is 9.10. The third-order valence-corrected chi connectivity index (χ3v) is 4.84. The van der Waals surface area contributed by atoms with Crippen molar-refractivity contribution in [3.63, 3.8) is 0 Å². The van der Waals surface area contributed by atoms with Gasteiger partial charge < -0.3 is 5.73 Å². The van der Waals surface area contributed by atoms with E-state index in [1.165, 1.54) is 19.1 Å². The second-order valence-corrected chi connectivity index (χ2v) is 6.87. The van der Waals surface area contributed by atoms with Crippen LogP contribution in [0.4, 0.5) is 20.2 Å². The van der Waals surface area contributed by atoms with E-state index in [0.717, 1.165) is 18.2 Å². The molecular formula is C13H11BrF2N2O2S. The van der Waals surface area contributed by atoms with Gasteiger partial charge in [-0.25, -0.2) is 17.2 Å². The number of aryl methyl sites for hydroxylation is 1. The molecule has 0 fully saturated rings. The van der Waals surface area contributed by atoms with Crippen LogP contribution in [0.3, 0.4) is 0 Å². The Morgan fingerprint density at radius 1 is 1.19 bits per heavy atom. The quantitative estimate of drug-likeness (QED) is 0.806. The molecule has 0 unspecified atom stereocenters. The first-order valence-electron chi connectivity index (χ1n) is 5.74. The molecule has 0 bridgehead atoms. The lowest BCUT2D eigenvalue weighted by Gasteiger charge is -2.12. The molecule has 3 N–H and O–H groups in total. The predicted octanol–water partition coefficient (Wildman–Crippen LogP) is 3.42. The summed E-state index contributed by atoms with van der Waals surface area (Å²) in [6.07, 6.45) is 0. The summed E-state index contributed by atoms with van der Waals surface area (Å²) in [5.41, 5.74) is 6.21. The van der Waals surface area contributed by atoms with E-state index < -0.39 is 26.6 Å². The third-order valence-electron chi connectivity index (χ3n) is 2.77. The van der Waals surface area contributed by atoms with Crippen molar-refractivity contribution in [3.8, 4) is 0 Å². The zero-order chi connectivity index (χ0) is 15.8. The number of sulfonamides is 1. The summed E-state index contributed by atoms with van der Waals surface area (Å²) in [5.74, 6) is -1.43. The average molecular weight is 377 g/mol. The Morgan fingerprint density at radius 2 is 1.86 bits per heavy atom. The minimum Gasteiger partial charge on any atom is -0.398 e. The lowest BCUT2D eigenvalue weighted by molar-refractivity contribution is 0.570. The molecule has 0 aliphatic heterocycles. The molecule has 2 aromatic carbocycles. The van der Waals surface area contributed by atoms with E-state index in [1.807, 2.05) is 0 Å². The zero-order valence-electron chi connectivity index (χ0n) is 10.8. The normalized spacial score (nSPS) is 11.4. The summed E-state index contributed by atoms with van der Waals surface area (Å²) < 4.78 is 53.7. The van der Waals surface area contributed by atoms with Gasteiger partial charge in [0.15, 0.2) is 0 Å². The molecule has 2 aromatic rings. The van der Waals surface area contributed by atoms with Crippen LogP contribution in [0.2, 0.25) is 0 Å². The Morgan fingerprint density at radius 3 is 2.48 bits per heavy atom. The predicted molar refractivity (Wildman–Crippen MR) is 80.5 cm³/mol. The number of nitrogens with two attached hydrogens (primary N) is 1. The average Bonchev–Trinajstić information content (AvgIpc) is 2.37. The van der Waals surface area contributed by atoms with E-state index in [0.29, 0.717) is 5.56 Å². The Bertz CT molecular complexity index is 810. The first kappa shape index (κ1) is 15.7. The fourth-order valence-electron chi connectivity index (χ4n) is 1.69. The van der Waals surface area contributed by atoms with Gasteiger partial charge in [0.05, 0.1) is 5.69 Å². The maximum absolute atomic E-state index is 13.8. The minimum absolute atomic E-state index is 0.0904. The fourth-order valence-corrected chi connectivity index (χ4v) is 3.23. The first-order valence-corrected chi connectivity index (χ1v) is 8.02. The van der Waals surface area contributed by atoms with Crippen molar-refractivity contribution >= 4 is 37.3 Å². The molecule has 112 valence electrons. The van der Waals surface area contributed by atoms with Crippen molar-refractivity contribution in [1.82, 2.24) is 0 Å². The monoisotopic (exact) mass is 376 g/mol. The number of benzene rings is 2. The Hall–Kier alpha value is -1.67. The van der Waals surface area contributed by atoms with Gasteiger partial charge in [-0.05, 0) is 58.7 Å². The number of hydrogen-bond donors (Lipinski definition) is 2. The molecule has 0 saturated heterocycles.